The Bertz CT molecular complexity index is 1130. The lowest BCUT2D eigenvalue weighted by atomic mass is 9.67. The monoisotopic (exact) mass is 622 g/mol. The summed E-state index contributed by atoms with van der Waals surface area (Å²) in [6.45, 7) is 14.1. The zero-order valence-corrected chi connectivity index (χ0v) is 28.0. The van der Waals surface area contributed by atoms with Crippen LogP contribution in [0.3, 0.4) is 0 Å². The second-order valence-corrected chi connectivity index (χ2v) is 13.0. The lowest BCUT2D eigenvalue weighted by molar-refractivity contribution is -0.226. The number of carbonyl (C=O) groups excluding carboxylic acids is 4. The van der Waals surface area contributed by atoms with Crippen LogP contribution in [0.4, 0.5) is 0 Å². The number of esters is 3. The van der Waals surface area contributed by atoms with Gasteiger partial charge in [-0.15, -0.1) is 0 Å². The van der Waals surface area contributed by atoms with E-state index in [1.54, 1.807) is 40.7 Å². The van der Waals surface area contributed by atoms with Gasteiger partial charge in [0.1, 0.15) is 11.7 Å². The molecule has 1 fully saturated rings. The first-order valence-corrected chi connectivity index (χ1v) is 16.0. The number of unbranched alkanes of at least 4 members (excludes halogenated alkanes) is 4. The Morgan fingerprint density at radius 3 is 2.09 bits per heavy atom. The predicted molar refractivity (Wildman–Crippen MR) is 164 cm³/mol. The average Bonchev–Trinajstić information content (AvgIpc) is 3.18. The van der Waals surface area contributed by atoms with Crippen molar-refractivity contribution in [1.82, 2.24) is 0 Å². The van der Waals surface area contributed by atoms with Gasteiger partial charge in [-0.1, -0.05) is 58.1 Å². The van der Waals surface area contributed by atoms with E-state index < -0.39 is 77.1 Å². The first-order valence-electron chi connectivity index (χ1n) is 16.0. The van der Waals surface area contributed by atoms with Crippen molar-refractivity contribution in [3.8, 4) is 0 Å². The first kappa shape index (κ1) is 37.6. The Morgan fingerprint density at radius 2 is 1.55 bits per heavy atom. The van der Waals surface area contributed by atoms with Crippen molar-refractivity contribution in [2.75, 3.05) is 0 Å². The topological polar surface area (TPSA) is 157 Å². The Balaban J connectivity index is 2.72. The molecule has 1 saturated carbocycles. The molecule has 10 nitrogen and oxygen atoms in total. The third-order valence-electron chi connectivity index (χ3n) is 9.66. The molecule has 44 heavy (non-hydrogen) atoms. The molecule has 8 atom stereocenters. The van der Waals surface area contributed by atoms with Gasteiger partial charge in [-0.3, -0.25) is 14.4 Å². The summed E-state index contributed by atoms with van der Waals surface area (Å²) in [5.41, 5.74) is -5.51. The van der Waals surface area contributed by atoms with E-state index in [1.807, 2.05) is 0 Å². The number of ketones is 1. The van der Waals surface area contributed by atoms with Crippen LogP contribution in [0.2, 0.25) is 0 Å². The lowest BCUT2D eigenvalue weighted by Gasteiger charge is -2.47. The summed E-state index contributed by atoms with van der Waals surface area (Å²) in [5.74, 6) is -4.71. The molecule has 2 aliphatic rings. The molecule has 0 aliphatic heterocycles. The second kappa shape index (κ2) is 15.1. The van der Waals surface area contributed by atoms with Crippen LogP contribution in [-0.2, 0) is 33.4 Å². The van der Waals surface area contributed by atoms with Crippen LogP contribution in [0.1, 0.15) is 120 Å². The van der Waals surface area contributed by atoms with Crippen molar-refractivity contribution in [3.05, 3.63) is 22.8 Å². The van der Waals surface area contributed by atoms with Crippen LogP contribution < -0.4 is 0 Å². The highest BCUT2D eigenvalue weighted by Crippen LogP contribution is 2.55. The molecule has 2 aliphatic carbocycles. The third-order valence-corrected chi connectivity index (χ3v) is 9.66. The third kappa shape index (κ3) is 7.62. The quantitative estimate of drug-likeness (QED) is 0.0819. The van der Waals surface area contributed by atoms with Gasteiger partial charge in [-0.2, -0.15) is 0 Å². The molecule has 0 bridgehead atoms. The van der Waals surface area contributed by atoms with E-state index in [0.29, 0.717) is 29.6 Å². The van der Waals surface area contributed by atoms with E-state index in [-0.39, 0.29) is 12.8 Å². The van der Waals surface area contributed by atoms with Gasteiger partial charge in [0.15, 0.2) is 23.6 Å². The van der Waals surface area contributed by atoms with Gasteiger partial charge in [-0.25, -0.2) is 4.79 Å². The summed E-state index contributed by atoms with van der Waals surface area (Å²) >= 11 is 0. The number of carbonyl (C=O) groups is 4. The summed E-state index contributed by atoms with van der Waals surface area (Å²) in [4.78, 5) is 51.8. The van der Waals surface area contributed by atoms with Crippen LogP contribution >= 0.6 is 0 Å². The maximum absolute atomic E-state index is 13.2. The number of ether oxygens (including phenoxy) is 3. The Hall–Kier alpha value is -2.56. The predicted octanol–water partition coefficient (Wildman–Crippen LogP) is 4.66. The van der Waals surface area contributed by atoms with E-state index in [1.165, 1.54) is 6.92 Å². The Labute approximate surface area is 262 Å². The highest BCUT2D eigenvalue weighted by Gasteiger charge is 2.68. The van der Waals surface area contributed by atoms with Gasteiger partial charge in [0.25, 0.3) is 0 Å². The molecule has 0 aromatic rings. The molecule has 2 rings (SSSR count). The minimum atomic E-state index is -2.41. The summed E-state index contributed by atoms with van der Waals surface area (Å²) in [7, 11) is 0. The van der Waals surface area contributed by atoms with Crippen molar-refractivity contribution in [2.45, 2.75) is 155 Å². The van der Waals surface area contributed by atoms with Crippen molar-refractivity contribution >= 4 is 23.7 Å². The van der Waals surface area contributed by atoms with Gasteiger partial charge < -0.3 is 29.5 Å². The van der Waals surface area contributed by atoms with Crippen LogP contribution in [0.15, 0.2) is 22.8 Å². The molecule has 0 amide bonds. The number of aliphatic hydroxyl groups is 3. The normalized spacial score (nSPS) is 31.9. The summed E-state index contributed by atoms with van der Waals surface area (Å²) in [5, 5.41) is 36.1. The van der Waals surface area contributed by atoms with E-state index in [9.17, 15) is 34.5 Å². The summed E-state index contributed by atoms with van der Waals surface area (Å²) in [6, 6.07) is 0. The fourth-order valence-corrected chi connectivity index (χ4v) is 6.75. The number of hydrogen-bond acceptors (Lipinski definition) is 10. The molecule has 0 aromatic carbocycles. The number of rotatable bonds is 14. The van der Waals surface area contributed by atoms with Crippen LogP contribution in [-0.4, -0.2) is 74.1 Å². The molecule has 3 N–H and O–H groups in total. The number of fused-ring (bicyclic) bond motifs is 1. The summed E-state index contributed by atoms with van der Waals surface area (Å²) in [6.07, 6.45) is 2.60. The summed E-state index contributed by atoms with van der Waals surface area (Å²) < 4.78 is 17.6. The van der Waals surface area contributed by atoms with Crippen LogP contribution in [0.5, 0.6) is 0 Å². The van der Waals surface area contributed by atoms with E-state index >= 15 is 0 Å². The lowest BCUT2D eigenvalue weighted by Crippen LogP contribution is -2.67. The molecule has 0 unspecified atom stereocenters. The minimum absolute atomic E-state index is 0.0251. The number of Topliss-reactive ketones (excluding diaryl/α,β-unsaturated/α-hetero) is 1. The van der Waals surface area contributed by atoms with E-state index in [2.05, 4.69) is 6.92 Å². The maximum atomic E-state index is 13.2. The Kier molecular flexibility index (Phi) is 13.0. The molecule has 0 aromatic heterocycles. The Morgan fingerprint density at radius 1 is 0.955 bits per heavy atom. The molecule has 0 spiro atoms. The van der Waals surface area contributed by atoms with Crippen molar-refractivity contribution in [2.24, 2.45) is 11.8 Å². The van der Waals surface area contributed by atoms with Crippen molar-refractivity contribution in [3.63, 3.8) is 0 Å². The molecule has 0 radical (unpaired) electrons. The molecule has 0 heterocycles. The number of allylic oxidation sites excluding steroid dienone is 1. The molecular weight excluding hydrogens is 568 g/mol. The van der Waals surface area contributed by atoms with Crippen LogP contribution in [0.25, 0.3) is 0 Å². The zero-order valence-electron chi connectivity index (χ0n) is 28.0. The molecule has 250 valence electrons. The van der Waals surface area contributed by atoms with E-state index in [0.717, 1.165) is 39.5 Å². The molecule has 0 saturated heterocycles. The fourth-order valence-electron chi connectivity index (χ4n) is 6.75. The fraction of sp³-hybridized carbons (Fsp3) is 0.765. The highest BCUT2D eigenvalue weighted by atomic mass is 16.6. The average molecular weight is 623 g/mol. The minimum Gasteiger partial charge on any atom is -0.459 e. The van der Waals surface area contributed by atoms with Crippen molar-refractivity contribution in [1.29, 1.82) is 0 Å². The molecule has 10 heteroatoms. The smallest absolute Gasteiger partial charge is 0.334 e. The van der Waals surface area contributed by atoms with E-state index in [4.69, 9.17) is 14.2 Å². The SMILES string of the molecule is C/C=C(/C)C(=O)O[C@H]1C(C)=C2[C@H]([C@@H]1OC(=O)CCCCCCC)[C@@](C)(O)C[C@H](OC(=O)CCC)[C@](O)([C@](C)(O)C(C)=O)[C@H]2C. The van der Waals surface area contributed by atoms with Gasteiger partial charge in [0.05, 0.1) is 11.5 Å². The van der Waals surface area contributed by atoms with Gasteiger partial charge in [0, 0.05) is 30.8 Å². The first-order chi connectivity index (χ1) is 20.4. The van der Waals surface area contributed by atoms with Gasteiger partial charge in [0.2, 0.25) is 0 Å². The van der Waals surface area contributed by atoms with Crippen LogP contribution in [0, 0.1) is 11.8 Å². The number of hydrogen-bond donors (Lipinski definition) is 3. The largest absolute Gasteiger partial charge is 0.459 e. The maximum Gasteiger partial charge on any atom is 0.334 e. The standard InChI is InChI=1S/C34H54O10/c1-10-13-14-15-16-18-26(37)43-30-28-27(21(5)29(30)44-31(38)20(4)12-3)22(6)34(41,33(9,40)23(7)35)24(19-32(28,8)39)42-25(36)17-11-2/h12,22,24,28-30,39-41H,10-11,13-19H2,1-9H3/b20-12-/t22-,24-,28+,29-,30-,32-,33+,34-/m0/s1. The second-order valence-electron chi connectivity index (χ2n) is 13.0. The van der Waals surface area contributed by atoms with Crippen molar-refractivity contribution < 1.29 is 48.7 Å². The van der Waals surface area contributed by atoms with Gasteiger partial charge >= 0.3 is 17.9 Å². The zero-order chi connectivity index (χ0) is 33.6. The highest BCUT2D eigenvalue weighted by molar-refractivity contribution is 5.88. The molecular formula is C34H54O10. The van der Waals surface area contributed by atoms with Gasteiger partial charge in [-0.05, 0) is 60.0 Å².